The average Bonchev–Trinajstić information content (AvgIpc) is 3.26. The average molecular weight is 1030 g/mol. The molecule has 5 heteroatoms. The van der Waals surface area contributed by atoms with Gasteiger partial charge >= 0.3 is 0 Å². The van der Waals surface area contributed by atoms with Crippen LogP contribution in [-0.2, 0) is 21.7 Å². The second-order valence-corrected chi connectivity index (χ2v) is 26.6. The van der Waals surface area contributed by atoms with E-state index in [1.54, 1.807) is 0 Å². The van der Waals surface area contributed by atoms with Crippen LogP contribution in [0.3, 0.4) is 0 Å². The van der Waals surface area contributed by atoms with E-state index in [1.165, 1.54) is 119 Å². The minimum Gasteiger partial charge on any atom is -0.334 e. The molecule has 1 fully saturated rings. The van der Waals surface area contributed by atoms with Crippen molar-refractivity contribution in [2.45, 2.75) is 129 Å². The van der Waals surface area contributed by atoms with Crippen molar-refractivity contribution in [2.75, 3.05) is 19.6 Å². The van der Waals surface area contributed by atoms with Gasteiger partial charge in [-0.3, -0.25) is 0 Å². The number of fused-ring (bicyclic) bond motifs is 7. The van der Waals surface area contributed by atoms with Crippen LogP contribution in [0.25, 0.3) is 11.1 Å². The van der Waals surface area contributed by atoms with Gasteiger partial charge < -0.3 is 19.6 Å². The van der Waals surface area contributed by atoms with E-state index in [2.05, 4.69) is 302 Å². The molecule has 1 saturated carbocycles. The van der Waals surface area contributed by atoms with Crippen LogP contribution >= 0.6 is 0 Å². The Morgan fingerprint density at radius 3 is 1.47 bits per heavy atom. The second kappa shape index (κ2) is 18.4. The van der Waals surface area contributed by atoms with Gasteiger partial charge in [-0.05, 0) is 171 Å². The summed E-state index contributed by atoms with van der Waals surface area (Å²) in [7, 11) is 0. The van der Waals surface area contributed by atoms with Crippen molar-refractivity contribution >= 4 is 85.7 Å². The van der Waals surface area contributed by atoms with Crippen LogP contribution in [0.4, 0.5) is 62.6 Å². The van der Waals surface area contributed by atoms with Crippen LogP contribution in [0.2, 0.25) is 0 Å². The summed E-state index contributed by atoms with van der Waals surface area (Å²) >= 11 is 0. The van der Waals surface area contributed by atoms with E-state index in [1.807, 2.05) is 0 Å². The van der Waals surface area contributed by atoms with Crippen LogP contribution in [0.1, 0.15) is 124 Å². The van der Waals surface area contributed by atoms with E-state index in [4.69, 9.17) is 0 Å². The number of hydrogen-bond donors (Lipinski definition) is 0. The Labute approximate surface area is 471 Å². The number of para-hydroxylation sites is 3. The lowest BCUT2D eigenvalue weighted by Gasteiger charge is -2.51. The molecule has 0 saturated heterocycles. The molecule has 79 heavy (non-hydrogen) atoms. The van der Waals surface area contributed by atoms with E-state index >= 15 is 0 Å². The van der Waals surface area contributed by atoms with Gasteiger partial charge in [-0.1, -0.05) is 197 Å². The molecule has 3 heterocycles. The van der Waals surface area contributed by atoms with Crippen LogP contribution in [-0.4, -0.2) is 12.3 Å². The lowest BCUT2D eigenvalue weighted by atomic mass is 9.33. The summed E-state index contributed by atoms with van der Waals surface area (Å²) < 4.78 is 0. The first kappa shape index (κ1) is 50.7. The maximum atomic E-state index is 2.81. The summed E-state index contributed by atoms with van der Waals surface area (Å²) in [5, 5.41) is 0. The zero-order chi connectivity index (χ0) is 54.8. The van der Waals surface area contributed by atoms with Crippen molar-refractivity contribution < 1.29 is 0 Å². The fourth-order valence-corrected chi connectivity index (χ4v) is 14.1. The van der Waals surface area contributed by atoms with Crippen molar-refractivity contribution in [3.05, 3.63) is 229 Å². The highest BCUT2D eigenvalue weighted by Crippen LogP contribution is 2.63. The minimum absolute atomic E-state index is 0.0153. The molecule has 0 spiro atoms. The van der Waals surface area contributed by atoms with Gasteiger partial charge in [-0.25, -0.2) is 0 Å². The molecular formula is C74H75BN4. The molecule has 0 amide bonds. The smallest absolute Gasteiger partial charge is 0.252 e. The molecule has 394 valence electrons. The van der Waals surface area contributed by atoms with Gasteiger partial charge in [0.05, 0.1) is 11.2 Å². The topological polar surface area (TPSA) is 13.0 Å². The van der Waals surface area contributed by atoms with Gasteiger partial charge in [0.1, 0.15) is 0 Å². The van der Waals surface area contributed by atoms with Gasteiger partial charge in [0, 0.05) is 67.9 Å². The van der Waals surface area contributed by atoms with E-state index in [0.29, 0.717) is 0 Å². The predicted octanol–water partition coefficient (Wildman–Crippen LogP) is 18.5. The molecule has 2 unspecified atom stereocenters. The fourth-order valence-electron chi connectivity index (χ4n) is 14.1. The molecule has 3 aliphatic heterocycles. The highest BCUT2D eigenvalue weighted by molar-refractivity contribution is 7.00. The van der Waals surface area contributed by atoms with Gasteiger partial charge in [0.25, 0.3) is 6.71 Å². The van der Waals surface area contributed by atoms with Crippen LogP contribution in [0.15, 0.2) is 206 Å². The number of anilines is 11. The number of nitrogens with zero attached hydrogens (tertiary/aromatic N) is 4. The van der Waals surface area contributed by atoms with E-state index in [0.717, 1.165) is 18.5 Å². The second-order valence-electron chi connectivity index (χ2n) is 26.6. The molecule has 9 aromatic rings. The van der Waals surface area contributed by atoms with E-state index in [9.17, 15) is 0 Å². The molecule has 9 aromatic carbocycles. The molecule has 0 N–H and O–H groups in total. The Hall–Kier alpha value is -7.76. The Morgan fingerprint density at radius 1 is 0.405 bits per heavy atom. The van der Waals surface area contributed by atoms with Crippen LogP contribution < -0.4 is 36.0 Å². The minimum atomic E-state index is -0.231. The quantitative estimate of drug-likeness (QED) is 0.148. The number of benzene rings is 9. The zero-order valence-corrected chi connectivity index (χ0v) is 48.3. The Bertz CT molecular complexity index is 3730. The molecule has 0 bridgehead atoms. The molecule has 0 radical (unpaired) electrons. The molecule has 2 atom stereocenters. The SMILES string of the molecule is CC(C)(C)c1ccc(N(c2ccc(C(C)(C)C)cc2)c2ccc3c(c2)C2(C)CCCCC2(C)N3c2cc3c4c(c2)N(c2ccc(C(C)(C)C)cc2-c2ccccc2)c2ccccc2B4c2ccccc2N3c2ccccc2)cc1. The maximum Gasteiger partial charge on any atom is 0.252 e. The zero-order valence-electron chi connectivity index (χ0n) is 48.3. The number of hydrogen-bond acceptors (Lipinski definition) is 4. The Balaban J connectivity index is 1.07. The third-order valence-electron chi connectivity index (χ3n) is 18.7. The first-order valence-corrected chi connectivity index (χ1v) is 29.0. The first-order chi connectivity index (χ1) is 37.8. The summed E-state index contributed by atoms with van der Waals surface area (Å²) in [5.41, 5.74) is 24.8. The van der Waals surface area contributed by atoms with Crippen molar-refractivity contribution in [3.8, 4) is 11.1 Å². The largest absolute Gasteiger partial charge is 0.334 e. The van der Waals surface area contributed by atoms with E-state index in [-0.39, 0.29) is 33.9 Å². The third kappa shape index (κ3) is 8.16. The van der Waals surface area contributed by atoms with Crippen molar-refractivity contribution in [1.29, 1.82) is 0 Å². The van der Waals surface area contributed by atoms with Gasteiger partial charge in [0.15, 0.2) is 0 Å². The summed E-state index contributed by atoms with van der Waals surface area (Å²) in [4.78, 5) is 10.5. The molecule has 0 aromatic heterocycles. The van der Waals surface area contributed by atoms with Crippen LogP contribution in [0.5, 0.6) is 0 Å². The number of rotatable bonds is 7. The summed E-state index contributed by atoms with van der Waals surface area (Å²) in [5.74, 6) is 0. The first-order valence-electron chi connectivity index (χ1n) is 29.0. The molecular weight excluding hydrogens is 956 g/mol. The molecule has 4 aliphatic rings. The molecule has 1 aliphatic carbocycles. The van der Waals surface area contributed by atoms with Gasteiger partial charge in [-0.15, -0.1) is 0 Å². The highest BCUT2D eigenvalue weighted by Gasteiger charge is 2.58. The van der Waals surface area contributed by atoms with Crippen molar-refractivity contribution in [2.24, 2.45) is 0 Å². The Morgan fingerprint density at radius 2 is 0.886 bits per heavy atom. The lowest BCUT2D eigenvalue weighted by molar-refractivity contribution is 0.195. The monoisotopic (exact) mass is 1030 g/mol. The maximum absolute atomic E-state index is 2.81. The van der Waals surface area contributed by atoms with E-state index < -0.39 is 0 Å². The lowest BCUT2D eigenvalue weighted by Crippen LogP contribution is -2.61. The van der Waals surface area contributed by atoms with Gasteiger partial charge in [0.2, 0.25) is 0 Å². The summed E-state index contributed by atoms with van der Waals surface area (Å²) in [6.07, 6.45) is 4.57. The standard InChI is InChI=1S/C74H75BN4/c1-70(2,3)51-32-37-55(38-33-51)76(56-39-34-52(35-40-56)71(4,5)6)57-41-43-64-60(47-57)73(10)44-22-23-45-74(73,11)79(64)58-48-67-69-68(49-58)78(63-42-36-53(72(7,8)9)46-59(63)50-24-14-12-15-25-50)66-31-21-19-29-62(66)75(69)61-28-18-20-30-65(61)77(67)54-26-16-13-17-27-54/h12-21,24-43,46-49H,22-23,44-45H2,1-11H3. The predicted molar refractivity (Wildman–Crippen MR) is 339 cm³/mol. The van der Waals surface area contributed by atoms with Crippen LogP contribution in [0, 0.1) is 0 Å². The Kier molecular flexibility index (Phi) is 11.8. The summed E-state index contributed by atoms with van der Waals surface area (Å²) in [6.45, 7) is 26.0. The molecule has 4 nitrogen and oxygen atoms in total. The normalized spacial score (nSPS) is 18.4. The summed E-state index contributed by atoms with van der Waals surface area (Å²) in [6, 6.07) is 79.1. The van der Waals surface area contributed by atoms with Crippen molar-refractivity contribution in [1.82, 2.24) is 0 Å². The molecule has 13 rings (SSSR count). The van der Waals surface area contributed by atoms with Gasteiger partial charge in [-0.2, -0.15) is 0 Å². The third-order valence-corrected chi connectivity index (χ3v) is 18.7. The highest BCUT2D eigenvalue weighted by atomic mass is 15.3. The fraction of sp³-hybridized carbons (Fsp3) is 0.270. The van der Waals surface area contributed by atoms with Crippen molar-refractivity contribution in [3.63, 3.8) is 0 Å².